The summed E-state index contributed by atoms with van der Waals surface area (Å²) in [6.45, 7) is 7.48. The summed E-state index contributed by atoms with van der Waals surface area (Å²) in [6, 6.07) is 8.59. The van der Waals surface area contributed by atoms with Gasteiger partial charge in [0.2, 0.25) is 0 Å². The molecule has 1 aromatic heterocycles. The van der Waals surface area contributed by atoms with Gasteiger partial charge in [-0.1, -0.05) is 41.9 Å². The number of aromatic nitrogens is 2. The number of fused-ring (bicyclic) bond motifs is 1. The van der Waals surface area contributed by atoms with Crippen molar-refractivity contribution in [3.63, 3.8) is 0 Å². The molecule has 0 saturated heterocycles. The summed E-state index contributed by atoms with van der Waals surface area (Å²) in [7, 11) is 0. The lowest BCUT2D eigenvalue weighted by molar-refractivity contribution is 0.562. The summed E-state index contributed by atoms with van der Waals surface area (Å²) >= 11 is 3.56. The highest BCUT2D eigenvalue weighted by atomic mass is 79.9. The summed E-state index contributed by atoms with van der Waals surface area (Å²) in [5, 5.41) is 0.942. The summed E-state index contributed by atoms with van der Waals surface area (Å²) in [5.41, 5.74) is 2.95. The summed E-state index contributed by atoms with van der Waals surface area (Å²) in [4.78, 5) is 12.0. The van der Waals surface area contributed by atoms with Crippen LogP contribution in [0.1, 0.15) is 32.4 Å². The number of hydrogen-bond acceptors (Lipinski definition) is 3. The van der Waals surface area contributed by atoms with E-state index >= 15 is 0 Å². The molecule has 108 valence electrons. The van der Waals surface area contributed by atoms with Gasteiger partial charge < -0.3 is 4.90 Å². The fourth-order valence-electron chi connectivity index (χ4n) is 2.63. The van der Waals surface area contributed by atoms with Crippen LogP contribution in [0.15, 0.2) is 24.3 Å². The Morgan fingerprint density at radius 3 is 2.25 bits per heavy atom. The van der Waals surface area contributed by atoms with E-state index in [0.29, 0.717) is 6.04 Å². The average Bonchev–Trinajstić information content (AvgIpc) is 2.47. The molecule has 0 unspecified atom stereocenters. The van der Waals surface area contributed by atoms with Gasteiger partial charge in [0.25, 0.3) is 0 Å². The van der Waals surface area contributed by atoms with Crippen molar-refractivity contribution in [1.29, 1.82) is 0 Å². The van der Waals surface area contributed by atoms with Gasteiger partial charge in [-0.05, 0) is 31.9 Å². The molecule has 0 bridgehead atoms. The van der Waals surface area contributed by atoms with E-state index < -0.39 is 0 Å². The largest absolute Gasteiger partial charge is 0.351 e. The minimum absolute atomic E-state index is 0.515. The van der Waals surface area contributed by atoms with Crippen molar-refractivity contribution in [1.82, 2.24) is 9.97 Å². The SMILES string of the molecule is CCC(CC)N(CCBr)c1nc2ccccc2nc1C. The average molecular weight is 336 g/mol. The van der Waals surface area contributed by atoms with Crippen LogP contribution >= 0.6 is 15.9 Å². The van der Waals surface area contributed by atoms with Crippen LogP contribution in [0.25, 0.3) is 11.0 Å². The molecule has 20 heavy (non-hydrogen) atoms. The number of anilines is 1. The number of rotatable bonds is 6. The van der Waals surface area contributed by atoms with Crippen LogP contribution in [-0.4, -0.2) is 27.9 Å². The van der Waals surface area contributed by atoms with E-state index in [9.17, 15) is 0 Å². The fraction of sp³-hybridized carbons (Fsp3) is 0.500. The van der Waals surface area contributed by atoms with Crippen LogP contribution < -0.4 is 4.90 Å². The van der Waals surface area contributed by atoms with Crippen LogP contribution in [0.2, 0.25) is 0 Å². The van der Waals surface area contributed by atoms with Crippen molar-refractivity contribution in [2.24, 2.45) is 0 Å². The maximum absolute atomic E-state index is 4.85. The predicted molar refractivity (Wildman–Crippen MR) is 89.8 cm³/mol. The van der Waals surface area contributed by atoms with Crippen molar-refractivity contribution < 1.29 is 0 Å². The van der Waals surface area contributed by atoms with Gasteiger partial charge in [0.15, 0.2) is 5.82 Å². The van der Waals surface area contributed by atoms with Gasteiger partial charge in [-0.3, -0.25) is 0 Å². The van der Waals surface area contributed by atoms with E-state index in [1.807, 2.05) is 24.3 Å². The molecule has 0 saturated carbocycles. The molecular formula is C16H22BrN3. The molecule has 2 aromatic rings. The number of para-hydroxylation sites is 2. The quantitative estimate of drug-likeness (QED) is 0.736. The molecule has 0 N–H and O–H groups in total. The Labute approximate surface area is 129 Å². The number of aryl methyl sites for hydroxylation is 1. The highest BCUT2D eigenvalue weighted by Gasteiger charge is 2.19. The van der Waals surface area contributed by atoms with Crippen molar-refractivity contribution in [2.45, 2.75) is 39.7 Å². The van der Waals surface area contributed by atoms with Crippen molar-refractivity contribution in [3.05, 3.63) is 30.0 Å². The van der Waals surface area contributed by atoms with E-state index in [0.717, 1.165) is 47.3 Å². The van der Waals surface area contributed by atoms with Crippen LogP contribution in [0.3, 0.4) is 0 Å². The Hall–Kier alpha value is -1.16. The molecule has 1 aromatic carbocycles. The first-order valence-electron chi connectivity index (χ1n) is 7.27. The zero-order valence-corrected chi connectivity index (χ0v) is 14.0. The van der Waals surface area contributed by atoms with Gasteiger partial charge in [0, 0.05) is 17.9 Å². The Morgan fingerprint density at radius 2 is 1.70 bits per heavy atom. The monoisotopic (exact) mass is 335 g/mol. The van der Waals surface area contributed by atoms with Gasteiger partial charge in [-0.15, -0.1) is 0 Å². The summed E-state index contributed by atoms with van der Waals surface area (Å²) < 4.78 is 0. The molecule has 4 heteroatoms. The topological polar surface area (TPSA) is 29.0 Å². The molecule has 1 heterocycles. The molecule has 3 nitrogen and oxygen atoms in total. The second kappa shape index (κ2) is 7.02. The van der Waals surface area contributed by atoms with E-state index in [-0.39, 0.29) is 0 Å². The van der Waals surface area contributed by atoms with Crippen molar-refractivity contribution >= 4 is 32.8 Å². The molecule has 2 rings (SSSR count). The number of nitrogens with zero attached hydrogens (tertiary/aromatic N) is 3. The zero-order valence-electron chi connectivity index (χ0n) is 12.4. The molecular weight excluding hydrogens is 314 g/mol. The third kappa shape index (κ3) is 3.11. The van der Waals surface area contributed by atoms with Crippen molar-refractivity contribution in [2.75, 3.05) is 16.8 Å². The Bertz CT molecular complexity index is 567. The van der Waals surface area contributed by atoms with Crippen LogP contribution in [-0.2, 0) is 0 Å². The van der Waals surface area contributed by atoms with Crippen molar-refractivity contribution in [3.8, 4) is 0 Å². The predicted octanol–water partition coefficient (Wildman–Crippen LogP) is 4.33. The fourth-order valence-corrected chi connectivity index (χ4v) is 3.01. The molecule has 0 aliphatic carbocycles. The van der Waals surface area contributed by atoms with Gasteiger partial charge in [-0.2, -0.15) is 0 Å². The third-order valence-electron chi connectivity index (χ3n) is 3.70. The van der Waals surface area contributed by atoms with Gasteiger partial charge in [0.1, 0.15) is 0 Å². The number of alkyl halides is 1. The standard InChI is InChI=1S/C16H22BrN3/c1-4-13(5-2)20(11-10-17)16-12(3)18-14-8-6-7-9-15(14)19-16/h6-9,13H,4-5,10-11H2,1-3H3. The van der Waals surface area contributed by atoms with Gasteiger partial charge >= 0.3 is 0 Å². The number of hydrogen-bond donors (Lipinski definition) is 0. The molecule has 0 amide bonds. The smallest absolute Gasteiger partial charge is 0.151 e. The molecule has 0 radical (unpaired) electrons. The highest BCUT2D eigenvalue weighted by molar-refractivity contribution is 9.09. The van der Waals surface area contributed by atoms with E-state index in [4.69, 9.17) is 9.97 Å². The number of benzene rings is 1. The first kappa shape index (κ1) is 15.2. The first-order valence-corrected chi connectivity index (χ1v) is 8.39. The molecule has 0 atom stereocenters. The number of halogens is 1. The zero-order chi connectivity index (χ0) is 14.5. The Morgan fingerprint density at radius 1 is 1.10 bits per heavy atom. The van der Waals surface area contributed by atoms with E-state index in [2.05, 4.69) is 41.6 Å². The minimum atomic E-state index is 0.515. The summed E-state index contributed by atoms with van der Waals surface area (Å²) in [5.74, 6) is 1.02. The normalized spacial score (nSPS) is 11.2. The lowest BCUT2D eigenvalue weighted by atomic mass is 10.1. The van der Waals surface area contributed by atoms with Gasteiger partial charge in [0.05, 0.1) is 16.7 Å². The molecule has 0 spiro atoms. The lowest BCUT2D eigenvalue weighted by Gasteiger charge is -2.32. The van der Waals surface area contributed by atoms with Crippen LogP contribution in [0.5, 0.6) is 0 Å². The summed E-state index contributed by atoms with van der Waals surface area (Å²) in [6.07, 6.45) is 2.24. The molecule has 0 fully saturated rings. The minimum Gasteiger partial charge on any atom is -0.351 e. The molecule has 0 aliphatic heterocycles. The second-order valence-electron chi connectivity index (χ2n) is 4.97. The maximum atomic E-state index is 4.85. The second-order valence-corrected chi connectivity index (χ2v) is 5.77. The van der Waals surface area contributed by atoms with Crippen LogP contribution in [0, 0.1) is 6.92 Å². The third-order valence-corrected chi connectivity index (χ3v) is 4.06. The van der Waals surface area contributed by atoms with E-state index in [1.54, 1.807) is 0 Å². The molecule has 0 aliphatic rings. The lowest BCUT2D eigenvalue weighted by Crippen LogP contribution is -2.37. The Balaban J connectivity index is 2.49. The highest BCUT2D eigenvalue weighted by Crippen LogP contribution is 2.24. The maximum Gasteiger partial charge on any atom is 0.151 e. The Kier molecular flexibility index (Phi) is 5.35. The van der Waals surface area contributed by atoms with Gasteiger partial charge in [-0.25, -0.2) is 9.97 Å². The van der Waals surface area contributed by atoms with Crippen LogP contribution in [0.4, 0.5) is 5.82 Å². The first-order chi connectivity index (χ1) is 9.71. The van der Waals surface area contributed by atoms with E-state index in [1.165, 1.54) is 0 Å².